The van der Waals surface area contributed by atoms with Crippen LogP contribution in [0, 0.1) is 0 Å². The van der Waals surface area contributed by atoms with Crippen molar-refractivity contribution in [1.82, 2.24) is 20.3 Å². The lowest BCUT2D eigenvalue weighted by molar-refractivity contribution is 0.490. The van der Waals surface area contributed by atoms with Crippen LogP contribution in [-0.2, 0) is 25.9 Å². The second-order valence-electron chi connectivity index (χ2n) is 7.27. The molecule has 0 saturated carbocycles. The van der Waals surface area contributed by atoms with Gasteiger partial charge in [-0.25, -0.2) is 4.98 Å². The molecule has 6 heteroatoms. The van der Waals surface area contributed by atoms with Gasteiger partial charge in [0, 0.05) is 17.3 Å². The first-order chi connectivity index (χ1) is 13.8. The zero-order valence-corrected chi connectivity index (χ0v) is 15.5. The molecule has 3 N–H and O–H groups in total. The van der Waals surface area contributed by atoms with E-state index in [9.17, 15) is 4.79 Å². The molecule has 0 radical (unpaired) electrons. The van der Waals surface area contributed by atoms with Gasteiger partial charge in [-0.15, -0.1) is 0 Å². The van der Waals surface area contributed by atoms with E-state index < -0.39 is 0 Å². The number of aromatic amines is 2. The lowest BCUT2D eigenvalue weighted by Gasteiger charge is -2.17. The Morgan fingerprint density at radius 2 is 1.89 bits per heavy atom. The van der Waals surface area contributed by atoms with Crippen LogP contribution in [0.1, 0.15) is 35.6 Å². The average molecular weight is 374 g/mol. The molecule has 0 atom stereocenters. The second kappa shape index (κ2) is 7.13. The Morgan fingerprint density at radius 1 is 1.04 bits per heavy atom. The number of nitrogens with zero attached hydrogens (tertiary/aromatic N) is 1. The molecule has 0 fully saturated rings. The number of para-hydroxylation sites is 2. The Balaban J connectivity index is 1.30. The van der Waals surface area contributed by atoms with E-state index >= 15 is 0 Å². The summed E-state index contributed by atoms with van der Waals surface area (Å²) < 4.78 is 6.06. The Morgan fingerprint density at radius 3 is 2.79 bits per heavy atom. The number of benzene rings is 1. The number of hydrogen-bond acceptors (Lipinski definition) is 4. The molecule has 0 unspecified atom stereocenters. The van der Waals surface area contributed by atoms with E-state index in [4.69, 9.17) is 4.42 Å². The van der Waals surface area contributed by atoms with Gasteiger partial charge in [-0.2, -0.15) is 0 Å². The Hall–Kier alpha value is -3.12. The number of pyridine rings is 1. The minimum atomic E-state index is 0.0396. The fourth-order valence-electron chi connectivity index (χ4n) is 4.00. The van der Waals surface area contributed by atoms with Crippen molar-refractivity contribution in [3.63, 3.8) is 0 Å². The van der Waals surface area contributed by atoms with Crippen molar-refractivity contribution in [3.8, 4) is 11.3 Å². The largest absolute Gasteiger partial charge is 0.460 e. The molecule has 1 aromatic carbocycles. The number of fused-ring (bicyclic) bond motifs is 2. The fraction of sp³-hybridized carbons (Fsp3) is 0.273. The molecule has 5 rings (SSSR count). The third-order valence-corrected chi connectivity index (χ3v) is 5.37. The summed E-state index contributed by atoms with van der Waals surface area (Å²) in [6, 6.07) is 12.0. The maximum Gasteiger partial charge on any atom is 0.251 e. The third kappa shape index (κ3) is 3.16. The lowest BCUT2D eigenvalue weighted by Crippen LogP contribution is -2.19. The summed E-state index contributed by atoms with van der Waals surface area (Å²) in [6.45, 7) is 1.25. The SMILES string of the molecule is O=c1[nH]cc(-c2ccc(CNCc3nc4ccccc4[nH]3)o2)c2c1CCCC2. The van der Waals surface area contributed by atoms with Crippen molar-refractivity contribution in [3.05, 3.63) is 75.7 Å². The van der Waals surface area contributed by atoms with Crippen LogP contribution in [-0.4, -0.2) is 15.0 Å². The van der Waals surface area contributed by atoms with E-state index in [1.54, 1.807) is 6.20 Å². The molecule has 0 saturated heterocycles. The predicted octanol–water partition coefficient (Wildman–Crippen LogP) is 3.68. The minimum absolute atomic E-state index is 0.0396. The van der Waals surface area contributed by atoms with E-state index in [2.05, 4.69) is 20.3 Å². The molecule has 4 aromatic rings. The van der Waals surface area contributed by atoms with Crippen molar-refractivity contribution in [1.29, 1.82) is 0 Å². The topological polar surface area (TPSA) is 86.7 Å². The molecule has 6 nitrogen and oxygen atoms in total. The standard InChI is InChI=1S/C22H22N4O2/c27-22-16-6-2-1-5-15(16)17(12-24-22)20-10-9-14(28-20)11-23-13-21-25-18-7-3-4-8-19(18)26-21/h3-4,7-10,12,23H,1-2,5-6,11,13H2,(H,24,27)(H,25,26). The smallest absolute Gasteiger partial charge is 0.251 e. The van der Waals surface area contributed by atoms with Gasteiger partial charge in [-0.1, -0.05) is 12.1 Å². The van der Waals surface area contributed by atoms with Gasteiger partial charge in [0.05, 0.1) is 24.1 Å². The van der Waals surface area contributed by atoms with Crippen LogP contribution in [0.3, 0.4) is 0 Å². The molecular formula is C22H22N4O2. The number of hydrogen-bond donors (Lipinski definition) is 3. The number of nitrogens with one attached hydrogen (secondary N) is 3. The Kier molecular flexibility index (Phi) is 4.33. The molecule has 3 aromatic heterocycles. The van der Waals surface area contributed by atoms with E-state index in [0.29, 0.717) is 13.1 Å². The normalized spacial score (nSPS) is 13.7. The minimum Gasteiger partial charge on any atom is -0.460 e. The van der Waals surface area contributed by atoms with E-state index in [0.717, 1.165) is 70.8 Å². The highest BCUT2D eigenvalue weighted by atomic mass is 16.3. The van der Waals surface area contributed by atoms with Crippen molar-refractivity contribution in [2.24, 2.45) is 0 Å². The second-order valence-corrected chi connectivity index (χ2v) is 7.27. The summed E-state index contributed by atoms with van der Waals surface area (Å²) in [5.74, 6) is 2.58. The highest BCUT2D eigenvalue weighted by Crippen LogP contribution is 2.30. The monoisotopic (exact) mass is 374 g/mol. The van der Waals surface area contributed by atoms with E-state index in [1.807, 2.05) is 36.4 Å². The van der Waals surface area contributed by atoms with Crippen molar-refractivity contribution < 1.29 is 4.42 Å². The molecular weight excluding hydrogens is 352 g/mol. The van der Waals surface area contributed by atoms with Gasteiger partial charge in [0.2, 0.25) is 0 Å². The number of furan rings is 1. The van der Waals surface area contributed by atoms with Crippen LogP contribution in [0.2, 0.25) is 0 Å². The van der Waals surface area contributed by atoms with Gasteiger partial charge in [0.15, 0.2) is 0 Å². The van der Waals surface area contributed by atoms with Crippen LogP contribution in [0.15, 0.2) is 51.8 Å². The first-order valence-electron chi connectivity index (χ1n) is 9.75. The summed E-state index contributed by atoms with van der Waals surface area (Å²) in [6.07, 6.45) is 5.78. The number of imidazole rings is 1. The zero-order chi connectivity index (χ0) is 18.9. The van der Waals surface area contributed by atoms with Crippen molar-refractivity contribution in [2.75, 3.05) is 0 Å². The van der Waals surface area contributed by atoms with Gasteiger partial charge >= 0.3 is 0 Å². The highest BCUT2D eigenvalue weighted by molar-refractivity contribution is 5.74. The molecule has 0 amide bonds. The summed E-state index contributed by atoms with van der Waals surface area (Å²) in [5.41, 5.74) is 5.14. The van der Waals surface area contributed by atoms with E-state index in [-0.39, 0.29) is 5.56 Å². The predicted molar refractivity (Wildman–Crippen MR) is 108 cm³/mol. The summed E-state index contributed by atoms with van der Waals surface area (Å²) in [4.78, 5) is 22.8. The van der Waals surface area contributed by atoms with Gasteiger partial charge in [0.1, 0.15) is 17.3 Å². The van der Waals surface area contributed by atoms with Crippen LogP contribution in [0.4, 0.5) is 0 Å². The van der Waals surface area contributed by atoms with Crippen LogP contribution >= 0.6 is 0 Å². The number of H-pyrrole nitrogens is 2. The molecule has 1 aliphatic carbocycles. The third-order valence-electron chi connectivity index (χ3n) is 5.37. The van der Waals surface area contributed by atoms with Crippen molar-refractivity contribution in [2.45, 2.75) is 38.8 Å². The van der Waals surface area contributed by atoms with Gasteiger partial charge in [-0.05, 0) is 55.5 Å². The first kappa shape index (κ1) is 17.0. The van der Waals surface area contributed by atoms with Crippen LogP contribution in [0.25, 0.3) is 22.4 Å². The summed E-state index contributed by atoms with van der Waals surface area (Å²) >= 11 is 0. The van der Waals surface area contributed by atoms with Gasteiger partial charge in [0.25, 0.3) is 5.56 Å². The molecule has 0 bridgehead atoms. The lowest BCUT2D eigenvalue weighted by atomic mass is 9.89. The molecule has 1 aliphatic rings. The quantitative estimate of drug-likeness (QED) is 0.497. The van der Waals surface area contributed by atoms with Gasteiger partial charge < -0.3 is 19.7 Å². The maximum absolute atomic E-state index is 12.1. The molecule has 142 valence electrons. The summed E-state index contributed by atoms with van der Waals surface area (Å²) in [7, 11) is 0. The molecule has 3 heterocycles. The molecule has 0 aliphatic heterocycles. The van der Waals surface area contributed by atoms with Gasteiger partial charge in [-0.3, -0.25) is 4.79 Å². The highest BCUT2D eigenvalue weighted by Gasteiger charge is 2.19. The Bertz CT molecular complexity index is 1150. The first-order valence-corrected chi connectivity index (χ1v) is 9.75. The van der Waals surface area contributed by atoms with Crippen LogP contribution < -0.4 is 10.9 Å². The average Bonchev–Trinajstić information content (AvgIpc) is 3.35. The maximum atomic E-state index is 12.1. The molecule has 0 spiro atoms. The van der Waals surface area contributed by atoms with E-state index in [1.165, 1.54) is 0 Å². The number of aromatic nitrogens is 3. The Labute approximate surface area is 162 Å². The zero-order valence-electron chi connectivity index (χ0n) is 15.5. The van der Waals surface area contributed by atoms with Crippen LogP contribution in [0.5, 0.6) is 0 Å². The number of rotatable bonds is 5. The van der Waals surface area contributed by atoms with Crippen molar-refractivity contribution >= 4 is 11.0 Å². The summed E-state index contributed by atoms with van der Waals surface area (Å²) in [5, 5.41) is 3.37. The molecule has 28 heavy (non-hydrogen) atoms. The fourth-order valence-corrected chi connectivity index (χ4v) is 4.00.